The van der Waals surface area contributed by atoms with Crippen LogP contribution in [0.2, 0.25) is 0 Å². The summed E-state index contributed by atoms with van der Waals surface area (Å²) in [6.07, 6.45) is 2.80. The van der Waals surface area contributed by atoms with Crippen LogP contribution >= 0.6 is 0 Å². The van der Waals surface area contributed by atoms with E-state index in [1.165, 1.54) is 4.90 Å². The van der Waals surface area contributed by atoms with Gasteiger partial charge in [0.05, 0.1) is 12.1 Å². The van der Waals surface area contributed by atoms with Crippen LogP contribution in [-0.4, -0.2) is 88.3 Å². The van der Waals surface area contributed by atoms with E-state index in [-0.39, 0.29) is 30.8 Å². The molecule has 0 radical (unpaired) electrons. The van der Waals surface area contributed by atoms with Crippen molar-refractivity contribution in [2.75, 3.05) is 6.54 Å². The summed E-state index contributed by atoms with van der Waals surface area (Å²) in [5.41, 5.74) is 1.87. The number of ether oxygens (including phenoxy) is 1. The topological polar surface area (TPSA) is 155 Å². The maximum absolute atomic E-state index is 12.7. The number of fused-ring (bicyclic) bond motifs is 4. The van der Waals surface area contributed by atoms with Crippen molar-refractivity contribution in [3.63, 3.8) is 0 Å². The van der Waals surface area contributed by atoms with Gasteiger partial charge in [0.2, 0.25) is 0 Å². The Balaban J connectivity index is 1.30. The molecule has 3 unspecified atom stereocenters. The number of urea groups is 1. The molecular formula is C19H30N4O9S. The molecule has 14 heteroatoms. The predicted octanol–water partition coefficient (Wildman–Crippen LogP) is 0.968. The van der Waals surface area contributed by atoms with Crippen molar-refractivity contribution in [3.8, 4) is 0 Å². The van der Waals surface area contributed by atoms with Crippen molar-refractivity contribution in [3.05, 3.63) is 0 Å². The Hall–Kier alpha value is -2.16. The smallest absolute Gasteiger partial charge is 0.418 e. The zero-order valence-electron chi connectivity index (χ0n) is 18.8. The molecule has 0 aromatic carbocycles. The largest absolute Gasteiger partial charge is 0.444 e. The first kappa shape index (κ1) is 24.0. The Morgan fingerprint density at radius 3 is 2.24 bits per heavy atom. The summed E-state index contributed by atoms with van der Waals surface area (Å²) >= 11 is 0. The van der Waals surface area contributed by atoms with Gasteiger partial charge in [-0.3, -0.25) is 14.2 Å². The highest BCUT2D eigenvalue weighted by Gasteiger charge is 2.50. The van der Waals surface area contributed by atoms with E-state index in [2.05, 4.69) is 9.76 Å². The van der Waals surface area contributed by atoms with Crippen LogP contribution in [0.1, 0.15) is 59.3 Å². The fourth-order valence-corrected chi connectivity index (χ4v) is 5.54. The lowest BCUT2D eigenvalue weighted by molar-refractivity contribution is -0.147. The Kier molecular flexibility index (Phi) is 6.22. The van der Waals surface area contributed by atoms with Gasteiger partial charge in [-0.05, 0) is 59.3 Å². The van der Waals surface area contributed by atoms with E-state index in [4.69, 9.17) is 14.1 Å². The molecule has 0 saturated carbocycles. The van der Waals surface area contributed by atoms with Gasteiger partial charge in [0.25, 0.3) is 5.91 Å². The molecule has 4 atom stereocenters. The van der Waals surface area contributed by atoms with Crippen molar-refractivity contribution in [2.24, 2.45) is 0 Å². The maximum atomic E-state index is 12.7. The first-order valence-electron chi connectivity index (χ1n) is 11.1. The lowest BCUT2D eigenvalue weighted by Crippen LogP contribution is -2.53. The van der Waals surface area contributed by atoms with Crippen LogP contribution < -0.4 is 5.48 Å². The summed E-state index contributed by atoms with van der Waals surface area (Å²) in [6.45, 7) is 5.57. The van der Waals surface area contributed by atoms with Crippen molar-refractivity contribution in [1.29, 1.82) is 0 Å². The summed E-state index contributed by atoms with van der Waals surface area (Å²) in [5, 5.41) is 0.591. The number of rotatable bonds is 5. The number of nitrogens with one attached hydrogen (secondary N) is 1. The molecule has 4 amide bonds. The number of hydroxylamine groups is 3. The van der Waals surface area contributed by atoms with Crippen molar-refractivity contribution < 1.29 is 41.2 Å². The van der Waals surface area contributed by atoms with E-state index in [1.54, 1.807) is 4.90 Å². The average molecular weight is 491 g/mol. The van der Waals surface area contributed by atoms with Gasteiger partial charge in [-0.2, -0.15) is 13.5 Å². The van der Waals surface area contributed by atoms with Gasteiger partial charge in [-0.1, -0.05) is 0 Å². The summed E-state index contributed by atoms with van der Waals surface area (Å²) in [5.74, 6) is -0.516. The molecule has 4 bridgehead atoms. The van der Waals surface area contributed by atoms with E-state index in [1.807, 2.05) is 20.8 Å². The highest BCUT2D eigenvalue weighted by Crippen LogP contribution is 2.38. The van der Waals surface area contributed by atoms with E-state index in [0.29, 0.717) is 30.7 Å². The quantitative estimate of drug-likeness (QED) is 0.423. The predicted molar refractivity (Wildman–Crippen MR) is 111 cm³/mol. The molecule has 0 aromatic heterocycles. The molecule has 4 rings (SSSR count). The summed E-state index contributed by atoms with van der Waals surface area (Å²) in [4.78, 5) is 46.4. The van der Waals surface area contributed by atoms with Gasteiger partial charge in [0.15, 0.2) is 0 Å². The normalized spacial score (nSPS) is 31.7. The van der Waals surface area contributed by atoms with Crippen LogP contribution in [0.4, 0.5) is 9.59 Å². The van der Waals surface area contributed by atoms with Crippen molar-refractivity contribution in [2.45, 2.75) is 95.2 Å². The van der Waals surface area contributed by atoms with Gasteiger partial charge < -0.3 is 14.5 Å². The number of piperidine rings is 2. The number of hydrogen-bond donors (Lipinski definition) is 2. The molecule has 4 aliphatic rings. The van der Waals surface area contributed by atoms with Crippen LogP contribution in [0.5, 0.6) is 0 Å². The molecule has 4 heterocycles. The monoisotopic (exact) mass is 490 g/mol. The zero-order valence-corrected chi connectivity index (χ0v) is 19.6. The number of hydrogen-bond acceptors (Lipinski definition) is 8. The number of carbonyl (C=O) groups is 3. The highest BCUT2D eigenvalue weighted by molar-refractivity contribution is 7.80. The van der Waals surface area contributed by atoms with Crippen LogP contribution in [0.3, 0.4) is 0 Å². The minimum absolute atomic E-state index is 0.0257. The summed E-state index contributed by atoms with van der Waals surface area (Å²) < 4.78 is 40.8. The van der Waals surface area contributed by atoms with Crippen LogP contribution in [-0.2, 0) is 29.1 Å². The average Bonchev–Trinajstić information content (AvgIpc) is 3.09. The zero-order chi connectivity index (χ0) is 24.1. The van der Waals surface area contributed by atoms with Gasteiger partial charge in [0, 0.05) is 18.6 Å². The van der Waals surface area contributed by atoms with Gasteiger partial charge in [-0.25, -0.2) is 15.1 Å². The molecule has 13 nitrogen and oxygen atoms in total. The molecule has 4 fully saturated rings. The second-order valence-electron chi connectivity index (χ2n) is 9.96. The van der Waals surface area contributed by atoms with Crippen LogP contribution in [0.25, 0.3) is 0 Å². The van der Waals surface area contributed by atoms with Crippen LogP contribution in [0, 0.1) is 0 Å². The molecule has 2 N–H and O–H groups in total. The van der Waals surface area contributed by atoms with Crippen molar-refractivity contribution in [1.82, 2.24) is 20.3 Å². The lowest BCUT2D eigenvalue weighted by atomic mass is 10.00. The summed E-state index contributed by atoms with van der Waals surface area (Å²) in [7, 11) is -4.85. The number of amides is 4. The standard InChI is InChI=1S/C19H30N4O9S/c1-19(2,3)30-18(26)22-11-4-5-12(22)9-14(8-11)31-20-16(24)15-7-6-13-10-21(15)17(25)23(13)32-33(27,28)29/h11-15H,4-10H2,1-3H3,(H,20,24)(H,27,28,29)/t11?,12?,13?,14?,15-/m0/s1. The van der Waals surface area contributed by atoms with Crippen LogP contribution in [0.15, 0.2) is 0 Å². The van der Waals surface area contributed by atoms with E-state index >= 15 is 0 Å². The maximum Gasteiger partial charge on any atom is 0.418 e. The third-order valence-corrected chi connectivity index (χ3v) is 6.77. The third kappa shape index (κ3) is 5.18. The first-order valence-corrected chi connectivity index (χ1v) is 12.4. The van der Waals surface area contributed by atoms with Gasteiger partial charge >= 0.3 is 22.5 Å². The molecule has 33 heavy (non-hydrogen) atoms. The molecule has 186 valence electrons. The second kappa shape index (κ2) is 8.56. The Bertz CT molecular complexity index is 907. The van der Waals surface area contributed by atoms with Gasteiger partial charge in [0.1, 0.15) is 11.6 Å². The van der Waals surface area contributed by atoms with Crippen molar-refractivity contribution >= 4 is 28.4 Å². The van der Waals surface area contributed by atoms with Gasteiger partial charge in [-0.15, -0.1) is 4.28 Å². The fourth-order valence-electron chi connectivity index (χ4n) is 5.15. The molecule has 0 aromatic rings. The molecule has 0 spiro atoms. The minimum Gasteiger partial charge on any atom is -0.444 e. The third-order valence-electron chi connectivity index (χ3n) is 6.42. The lowest BCUT2D eigenvalue weighted by Gasteiger charge is -2.39. The molecule has 0 aliphatic carbocycles. The van der Waals surface area contributed by atoms with E-state index < -0.39 is 40.0 Å². The number of nitrogens with zero attached hydrogens (tertiary/aromatic N) is 3. The second-order valence-corrected chi connectivity index (χ2v) is 11.0. The molecule has 4 aliphatic heterocycles. The summed E-state index contributed by atoms with van der Waals surface area (Å²) in [6, 6.07) is -2.28. The Labute approximate surface area is 192 Å². The highest BCUT2D eigenvalue weighted by atomic mass is 32.3. The van der Waals surface area contributed by atoms with E-state index in [0.717, 1.165) is 12.8 Å². The first-order chi connectivity index (χ1) is 15.3. The Morgan fingerprint density at radius 1 is 1.06 bits per heavy atom. The SMILES string of the molecule is CC(C)(C)OC(=O)N1C2CCC1CC(ONC(=O)[C@@H]1CCC3CN1C(=O)N3OS(=O)(=O)O)C2. The molecule has 4 saturated heterocycles. The minimum atomic E-state index is -4.85. The van der Waals surface area contributed by atoms with E-state index in [9.17, 15) is 22.8 Å². The Morgan fingerprint density at radius 2 is 1.67 bits per heavy atom. The molecular weight excluding hydrogens is 460 g/mol. The fraction of sp³-hybridized carbons (Fsp3) is 0.842. The number of carbonyl (C=O) groups excluding carboxylic acids is 3.